The Bertz CT molecular complexity index is 829. The lowest BCUT2D eigenvalue weighted by molar-refractivity contribution is 0.0784. The highest BCUT2D eigenvalue weighted by Crippen LogP contribution is 2.35. The van der Waals surface area contributed by atoms with Crippen molar-refractivity contribution in [1.82, 2.24) is 9.88 Å². The number of likely N-dealkylation sites (tertiary alicyclic amines) is 1. The molecule has 1 saturated heterocycles. The number of hydrogen-bond donors (Lipinski definition) is 1. The summed E-state index contributed by atoms with van der Waals surface area (Å²) in [6.45, 7) is 1.72. The molecule has 134 valence electrons. The van der Waals surface area contributed by atoms with Gasteiger partial charge in [0.15, 0.2) is 5.75 Å². The fraction of sp³-hybridized carbons (Fsp3) is 0.333. The number of pyridine rings is 1. The molecule has 0 radical (unpaired) electrons. The van der Waals surface area contributed by atoms with Gasteiger partial charge in [-0.2, -0.15) is 0 Å². The standard InChI is InChI=1S/C21H23N3O2/c1-26-20-18(22)10-11-23-19(20)14-6-8-15(9-7-14)21(25)24-12-16-4-2-3-5-17(16)13-24/h2-3,6-11,16-17H,4-5,12-13H2,1H3,(H2,22,23)/t16-,17+. The molecule has 1 aromatic heterocycles. The summed E-state index contributed by atoms with van der Waals surface area (Å²) in [5.41, 5.74) is 8.78. The molecule has 5 heteroatoms. The van der Waals surface area contributed by atoms with Crippen molar-refractivity contribution < 1.29 is 9.53 Å². The number of hydrogen-bond acceptors (Lipinski definition) is 4. The van der Waals surface area contributed by atoms with Gasteiger partial charge in [0.1, 0.15) is 5.69 Å². The van der Waals surface area contributed by atoms with Gasteiger partial charge in [-0.15, -0.1) is 0 Å². The average molecular weight is 349 g/mol. The Morgan fingerprint density at radius 1 is 1.12 bits per heavy atom. The number of rotatable bonds is 3. The summed E-state index contributed by atoms with van der Waals surface area (Å²) in [4.78, 5) is 19.2. The van der Waals surface area contributed by atoms with Crippen molar-refractivity contribution in [3.8, 4) is 17.0 Å². The molecule has 5 nitrogen and oxygen atoms in total. The van der Waals surface area contributed by atoms with Crippen LogP contribution in [0.5, 0.6) is 5.75 Å². The number of fused-ring (bicyclic) bond motifs is 1. The number of nitrogen functional groups attached to an aromatic ring is 1. The topological polar surface area (TPSA) is 68.5 Å². The smallest absolute Gasteiger partial charge is 0.253 e. The first-order valence-corrected chi connectivity index (χ1v) is 9.00. The van der Waals surface area contributed by atoms with Gasteiger partial charge in [-0.05, 0) is 42.9 Å². The molecule has 0 unspecified atom stereocenters. The minimum atomic E-state index is 0.110. The Kier molecular flexibility index (Phi) is 4.37. The Labute approximate surface area is 153 Å². The molecule has 1 aliphatic heterocycles. The Morgan fingerprint density at radius 2 is 1.77 bits per heavy atom. The largest absolute Gasteiger partial charge is 0.492 e. The van der Waals surface area contributed by atoms with E-state index in [1.807, 2.05) is 29.2 Å². The van der Waals surface area contributed by atoms with Crippen LogP contribution in [0.25, 0.3) is 11.3 Å². The number of allylic oxidation sites excluding steroid dienone is 2. The highest BCUT2D eigenvalue weighted by atomic mass is 16.5. The molecule has 4 rings (SSSR count). The molecule has 1 aromatic carbocycles. The summed E-state index contributed by atoms with van der Waals surface area (Å²) in [7, 11) is 1.58. The molecule has 2 aliphatic rings. The number of aromatic nitrogens is 1. The molecule has 2 N–H and O–H groups in total. The number of benzene rings is 1. The van der Waals surface area contributed by atoms with Gasteiger partial charge < -0.3 is 15.4 Å². The van der Waals surface area contributed by atoms with Gasteiger partial charge in [-0.3, -0.25) is 9.78 Å². The number of nitrogens with zero attached hydrogens (tertiary/aromatic N) is 2. The van der Waals surface area contributed by atoms with Crippen LogP contribution in [-0.2, 0) is 0 Å². The van der Waals surface area contributed by atoms with Gasteiger partial charge in [0, 0.05) is 30.4 Å². The first kappa shape index (κ1) is 16.6. The predicted octanol–water partition coefficient (Wildman–Crippen LogP) is 3.38. The highest BCUT2D eigenvalue weighted by molar-refractivity contribution is 5.95. The van der Waals surface area contributed by atoms with Crippen molar-refractivity contribution in [2.75, 3.05) is 25.9 Å². The van der Waals surface area contributed by atoms with E-state index in [0.29, 0.717) is 34.5 Å². The quantitative estimate of drug-likeness (QED) is 0.863. The third kappa shape index (κ3) is 2.94. The second-order valence-corrected chi connectivity index (χ2v) is 7.03. The molecule has 2 aromatic rings. The van der Waals surface area contributed by atoms with Crippen LogP contribution in [0.3, 0.4) is 0 Å². The number of ether oxygens (including phenoxy) is 1. The van der Waals surface area contributed by atoms with E-state index in [-0.39, 0.29) is 5.91 Å². The number of methoxy groups -OCH3 is 1. The van der Waals surface area contributed by atoms with E-state index < -0.39 is 0 Å². The molecule has 26 heavy (non-hydrogen) atoms. The van der Waals surface area contributed by atoms with Crippen LogP contribution in [0.2, 0.25) is 0 Å². The third-order valence-electron chi connectivity index (χ3n) is 5.45. The number of carbonyl (C=O) groups excluding carboxylic acids is 1. The number of amides is 1. The fourth-order valence-corrected chi connectivity index (χ4v) is 4.02. The molecule has 0 spiro atoms. The lowest BCUT2D eigenvalue weighted by Gasteiger charge is -2.17. The number of anilines is 1. The monoisotopic (exact) mass is 349 g/mol. The van der Waals surface area contributed by atoms with Crippen molar-refractivity contribution in [3.05, 3.63) is 54.2 Å². The van der Waals surface area contributed by atoms with Gasteiger partial charge in [-0.25, -0.2) is 0 Å². The zero-order valence-electron chi connectivity index (χ0n) is 14.9. The van der Waals surface area contributed by atoms with Crippen molar-refractivity contribution in [2.24, 2.45) is 11.8 Å². The predicted molar refractivity (Wildman–Crippen MR) is 102 cm³/mol. The van der Waals surface area contributed by atoms with E-state index in [2.05, 4.69) is 17.1 Å². The lowest BCUT2D eigenvalue weighted by Crippen LogP contribution is -2.28. The molecule has 1 amide bonds. The van der Waals surface area contributed by atoms with Crippen LogP contribution in [0.1, 0.15) is 23.2 Å². The molecule has 1 aliphatic carbocycles. The summed E-state index contributed by atoms with van der Waals surface area (Å²) in [6.07, 6.45) is 8.33. The van der Waals surface area contributed by atoms with E-state index in [1.54, 1.807) is 19.4 Å². The molecule has 0 saturated carbocycles. The number of carbonyl (C=O) groups is 1. The van der Waals surface area contributed by atoms with Crippen LogP contribution in [0.4, 0.5) is 5.69 Å². The minimum Gasteiger partial charge on any atom is -0.492 e. The van der Waals surface area contributed by atoms with E-state index in [0.717, 1.165) is 31.5 Å². The Hall–Kier alpha value is -2.82. The van der Waals surface area contributed by atoms with Gasteiger partial charge in [0.25, 0.3) is 5.91 Å². The third-order valence-corrected chi connectivity index (χ3v) is 5.45. The molecule has 0 bridgehead atoms. The van der Waals surface area contributed by atoms with E-state index in [9.17, 15) is 4.79 Å². The van der Waals surface area contributed by atoms with Crippen LogP contribution in [0.15, 0.2) is 48.7 Å². The van der Waals surface area contributed by atoms with E-state index in [1.165, 1.54) is 0 Å². The van der Waals surface area contributed by atoms with E-state index >= 15 is 0 Å². The summed E-state index contributed by atoms with van der Waals surface area (Å²) in [5, 5.41) is 0. The van der Waals surface area contributed by atoms with Gasteiger partial charge in [-0.1, -0.05) is 24.3 Å². The van der Waals surface area contributed by atoms with Crippen molar-refractivity contribution >= 4 is 11.6 Å². The van der Waals surface area contributed by atoms with Crippen LogP contribution < -0.4 is 10.5 Å². The maximum Gasteiger partial charge on any atom is 0.253 e. The van der Waals surface area contributed by atoms with Crippen molar-refractivity contribution in [1.29, 1.82) is 0 Å². The lowest BCUT2D eigenvalue weighted by atomic mass is 9.86. The zero-order chi connectivity index (χ0) is 18.1. The van der Waals surface area contributed by atoms with Gasteiger partial charge >= 0.3 is 0 Å². The molecule has 2 atom stereocenters. The summed E-state index contributed by atoms with van der Waals surface area (Å²) in [5.74, 6) is 1.90. The Morgan fingerprint density at radius 3 is 2.38 bits per heavy atom. The normalized spacial score (nSPS) is 21.5. The first-order valence-electron chi connectivity index (χ1n) is 9.00. The second kappa shape index (κ2) is 6.83. The first-order chi connectivity index (χ1) is 12.7. The van der Waals surface area contributed by atoms with Crippen LogP contribution in [0, 0.1) is 11.8 Å². The fourth-order valence-electron chi connectivity index (χ4n) is 4.02. The van der Waals surface area contributed by atoms with Gasteiger partial charge in [0.05, 0.1) is 12.8 Å². The summed E-state index contributed by atoms with van der Waals surface area (Å²) in [6, 6.07) is 9.25. The molecule has 1 fully saturated rings. The SMILES string of the molecule is COc1c(N)ccnc1-c1ccc(C(=O)N2C[C@H]3CC=CC[C@H]3C2)cc1. The van der Waals surface area contributed by atoms with Crippen molar-refractivity contribution in [2.45, 2.75) is 12.8 Å². The highest BCUT2D eigenvalue weighted by Gasteiger charge is 2.35. The maximum atomic E-state index is 12.9. The maximum absolute atomic E-state index is 12.9. The Balaban J connectivity index is 1.53. The second-order valence-electron chi connectivity index (χ2n) is 7.03. The van der Waals surface area contributed by atoms with Crippen LogP contribution in [-0.4, -0.2) is 36.0 Å². The molecular formula is C21H23N3O2. The summed E-state index contributed by atoms with van der Waals surface area (Å²) >= 11 is 0. The molecular weight excluding hydrogens is 326 g/mol. The average Bonchev–Trinajstić information content (AvgIpc) is 3.11. The van der Waals surface area contributed by atoms with Gasteiger partial charge in [0.2, 0.25) is 0 Å². The summed E-state index contributed by atoms with van der Waals surface area (Å²) < 4.78 is 5.38. The van der Waals surface area contributed by atoms with E-state index in [4.69, 9.17) is 10.5 Å². The zero-order valence-corrected chi connectivity index (χ0v) is 14.9. The minimum absolute atomic E-state index is 0.110. The molecule has 2 heterocycles. The number of nitrogens with two attached hydrogens (primary N) is 1. The van der Waals surface area contributed by atoms with Crippen LogP contribution >= 0.6 is 0 Å². The van der Waals surface area contributed by atoms with Crippen molar-refractivity contribution in [3.63, 3.8) is 0 Å².